The van der Waals surface area contributed by atoms with Crippen LogP contribution in [-0.4, -0.2) is 46.8 Å². The van der Waals surface area contributed by atoms with Gasteiger partial charge in [0.05, 0.1) is 14.2 Å². The van der Waals surface area contributed by atoms with Crippen molar-refractivity contribution in [1.82, 2.24) is 19.5 Å². The molecule has 0 N–H and O–H groups in total. The van der Waals surface area contributed by atoms with E-state index in [-0.39, 0.29) is 28.8 Å². The number of nitrogens with zero attached hydrogens (tertiary/aromatic N) is 5. The second-order valence-corrected chi connectivity index (χ2v) is 6.89. The van der Waals surface area contributed by atoms with Crippen LogP contribution in [-0.2, 0) is 6.54 Å². The summed E-state index contributed by atoms with van der Waals surface area (Å²) in [6, 6.07) is 13.5. The van der Waals surface area contributed by atoms with E-state index in [0.29, 0.717) is 22.8 Å². The highest BCUT2D eigenvalue weighted by molar-refractivity contribution is 6.28. The predicted octanol–water partition coefficient (Wildman–Crippen LogP) is 4.18. The van der Waals surface area contributed by atoms with Crippen molar-refractivity contribution in [2.24, 2.45) is 0 Å². The quantitative estimate of drug-likeness (QED) is 0.399. The van der Waals surface area contributed by atoms with Crippen molar-refractivity contribution in [2.45, 2.75) is 6.54 Å². The predicted molar refractivity (Wildman–Crippen MR) is 120 cm³/mol. The van der Waals surface area contributed by atoms with Gasteiger partial charge < -0.3 is 19.1 Å². The molecular formula is C22H20ClN5O4. The number of imidazole rings is 1. The highest BCUT2D eigenvalue weighted by Crippen LogP contribution is 2.29. The number of aromatic nitrogens is 4. The average molecular weight is 457 g/mol. The molecule has 0 saturated carbocycles. The fourth-order valence-corrected chi connectivity index (χ4v) is 3.21. The fraction of sp³-hybridized carbons (Fsp3) is 0.182. The normalized spacial score (nSPS) is 12.5. The van der Waals surface area contributed by atoms with Crippen LogP contribution >= 0.6 is 11.6 Å². The van der Waals surface area contributed by atoms with Crippen molar-refractivity contribution in [1.29, 1.82) is 0 Å². The summed E-state index contributed by atoms with van der Waals surface area (Å²) in [7, 11) is 2.99. The minimum absolute atomic E-state index is 0.00289. The van der Waals surface area contributed by atoms with E-state index in [2.05, 4.69) is 15.0 Å². The topological polar surface area (TPSA) is 91.6 Å². The Kier molecular flexibility index (Phi) is 5.06. The summed E-state index contributed by atoms with van der Waals surface area (Å²) in [4.78, 5) is 26.2. The summed E-state index contributed by atoms with van der Waals surface area (Å²) in [5.74, 6) is 1.21. The summed E-state index contributed by atoms with van der Waals surface area (Å²) in [6.07, 6.45) is 0.382. The number of carbonyl (C=O) groups is 1. The Labute approximate surface area is 193 Å². The SMILES string of the molecule is [2H]C([2H])([2H])N(Cc1ccc(OC)cc1OC)c1nc(Cl)nc2c1ncn2C(=O)Oc1ccccc1. The van der Waals surface area contributed by atoms with Gasteiger partial charge in [0.15, 0.2) is 17.0 Å². The maximum atomic E-state index is 12.8. The van der Waals surface area contributed by atoms with Crippen LogP contribution in [0.4, 0.5) is 10.6 Å². The van der Waals surface area contributed by atoms with Gasteiger partial charge in [0, 0.05) is 29.3 Å². The molecule has 2 heterocycles. The number of hydrogen-bond acceptors (Lipinski definition) is 8. The lowest BCUT2D eigenvalue weighted by atomic mass is 10.1. The molecule has 0 aliphatic heterocycles. The van der Waals surface area contributed by atoms with E-state index in [1.807, 2.05) is 0 Å². The minimum atomic E-state index is -2.65. The second kappa shape index (κ2) is 9.11. The lowest BCUT2D eigenvalue weighted by Gasteiger charge is -2.20. The first kappa shape index (κ1) is 17.8. The Morgan fingerprint density at radius 1 is 1.12 bits per heavy atom. The number of methoxy groups -OCH3 is 2. The first-order valence-corrected chi connectivity index (χ1v) is 9.75. The molecule has 9 nitrogen and oxygen atoms in total. The number of anilines is 1. The number of fused-ring (bicyclic) bond motifs is 1. The Morgan fingerprint density at radius 3 is 2.66 bits per heavy atom. The third-order valence-electron chi connectivity index (χ3n) is 4.57. The van der Waals surface area contributed by atoms with E-state index in [0.717, 1.165) is 9.47 Å². The molecule has 0 unspecified atom stereocenters. The van der Waals surface area contributed by atoms with Gasteiger partial charge in [-0.15, -0.1) is 0 Å². The van der Waals surface area contributed by atoms with Crippen molar-refractivity contribution in [3.8, 4) is 17.2 Å². The molecule has 0 bridgehead atoms. The van der Waals surface area contributed by atoms with Crippen LogP contribution in [0.15, 0.2) is 54.9 Å². The zero-order valence-electron chi connectivity index (χ0n) is 20.2. The van der Waals surface area contributed by atoms with Crippen molar-refractivity contribution in [3.63, 3.8) is 0 Å². The molecule has 0 aliphatic rings. The van der Waals surface area contributed by atoms with Crippen molar-refractivity contribution < 1.29 is 23.1 Å². The molecule has 164 valence electrons. The lowest BCUT2D eigenvalue weighted by Crippen LogP contribution is -2.20. The van der Waals surface area contributed by atoms with Crippen molar-refractivity contribution in [3.05, 3.63) is 65.7 Å². The molecule has 2 aromatic heterocycles. The average Bonchev–Trinajstić information content (AvgIpc) is 3.26. The smallest absolute Gasteiger partial charge is 0.426 e. The van der Waals surface area contributed by atoms with Crippen LogP contribution in [0.3, 0.4) is 0 Å². The molecule has 0 atom stereocenters. The third-order valence-corrected chi connectivity index (χ3v) is 4.74. The van der Waals surface area contributed by atoms with Crippen LogP contribution in [0.25, 0.3) is 11.2 Å². The van der Waals surface area contributed by atoms with Crippen molar-refractivity contribution in [2.75, 3.05) is 26.1 Å². The Hall–Kier alpha value is -3.85. The van der Waals surface area contributed by atoms with Gasteiger partial charge in [-0.25, -0.2) is 14.3 Å². The molecule has 0 aliphatic carbocycles. The lowest BCUT2D eigenvalue weighted by molar-refractivity contribution is 0.203. The molecular weight excluding hydrogens is 434 g/mol. The van der Waals surface area contributed by atoms with E-state index in [4.69, 9.17) is 29.9 Å². The molecule has 0 saturated heterocycles. The number of para-hydroxylation sites is 1. The van der Waals surface area contributed by atoms with Gasteiger partial charge in [-0.1, -0.05) is 18.2 Å². The van der Waals surface area contributed by atoms with Gasteiger partial charge in [-0.05, 0) is 35.9 Å². The van der Waals surface area contributed by atoms with Gasteiger partial charge >= 0.3 is 6.09 Å². The van der Waals surface area contributed by atoms with Crippen LogP contribution in [0.5, 0.6) is 17.2 Å². The number of halogens is 1. The number of benzene rings is 2. The third kappa shape index (κ3) is 4.28. The first-order valence-electron chi connectivity index (χ1n) is 10.9. The summed E-state index contributed by atoms with van der Waals surface area (Å²) >= 11 is 6.15. The zero-order chi connectivity index (χ0) is 25.2. The molecule has 0 spiro atoms. The maximum Gasteiger partial charge on any atom is 0.426 e. The Balaban J connectivity index is 1.77. The van der Waals surface area contributed by atoms with E-state index < -0.39 is 13.1 Å². The second-order valence-electron chi connectivity index (χ2n) is 6.55. The van der Waals surface area contributed by atoms with Crippen LogP contribution in [0.1, 0.15) is 9.68 Å². The zero-order valence-corrected chi connectivity index (χ0v) is 17.9. The van der Waals surface area contributed by atoms with Crippen LogP contribution in [0.2, 0.25) is 5.28 Å². The standard InChI is InChI=1S/C22H20ClN5O4/c1-27(12-14-9-10-16(30-2)11-17(14)31-3)19-18-20(26-21(23)25-19)28(13-24-18)22(29)32-15-7-5-4-6-8-15/h4-11,13H,12H2,1-3H3/i1D3. The fourth-order valence-electron chi connectivity index (χ4n) is 3.05. The molecule has 10 heteroatoms. The van der Waals surface area contributed by atoms with Crippen LogP contribution < -0.4 is 19.1 Å². The maximum absolute atomic E-state index is 12.8. The summed E-state index contributed by atoms with van der Waals surface area (Å²) in [5.41, 5.74) is 0.607. The van der Waals surface area contributed by atoms with Gasteiger partial charge in [0.1, 0.15) is 23.6 Å². The van der Waals surface area contributed by atoms with E-state index in [1.54, 1.807) is 48.5 Å². The van der Waals surface area contributed by atoms with Crippen molar-refractivity contribution >= 4 is 34.7 Å². The van der Waals surface area contributed by atoms with E-state index in [9.17, 15) is 4.79 Å². The summed E-state index contributed by atoms with van der Waals surface area (Å²) in [5, 5.41) is -0.266. The summed E-state index contributed by atoms with van der Waals surface area (Å²) in [6.45, 7) is -2.78. The monoisotopic (exact) mass is 456 g/mol. The number of rotatable bonds is 6. The molecule has 32 heavy (non-hydrogen) atoms. The van der Waals surface area contributed by atoms with Gasteiger partial charge in [0.2, 0.25) is 5.28 Å². The molecule has 4 rings (SSSR count). The Bertz CT molecular complexity index is 1360. The molecule has 4 aromatic rings. The van der Waals surface area contributed by atoms with Gasteiger partial charge in [-0.2, -0.15) is 9.97 Å². The van der Waals surface area contributed by atoms with E-state index >= 15 is 0 Å². The minimum Gasteiger partial charge on any atom is -0.497 e. The number of hydrogen-bond donors (Lipinski definition) is 0. The largest absolute Gasteiger partial charge is 0.497 e. The summed E-state index contributed by atoms with van der Waals surface area (Å²) < 4.78 is 41.4. The van der Waals surface area contributed by atoms with Gasteiger partial charge in [0.25, 0.3) is 0 Å². The molecule has 0 radical (unpaired) electrons. The first-order chi connectivity index (χ1) is 16.7. The van der Waals surface area contributed by atoms with Crippen LogP contribution in [0, 0.1) is 0 Å². The highest BCUT2D eigenvalue weighted by atomic mass is 35.5. The molecule has 2 aromatic carbocycles. The van der Waals surface area contributed by atoms with E-state index in [1.165, 1.54) is 20.5 Å². The molecule has 0 fully saturated rings. The number of carbonyl (C=O) groups excluding carboxylic acids is 1. The number of ether oxygens (including phenoxy) is 3. The highest BCUT2D eigenvalue weighted by Gasteiger charge is 2.21. The molecule has 0 amide bonds. The van der Waals surface area contributed by atoms with Gasteiger partial charge in [-0.3, -0.25) is 0 Å². The Morgan fingerprint density at radius 2 is 1.94 bits per heavy atom.